The van der Waals surface area contributed by atoms with Gasteiger partial charge in [-0.2, -0.15) is 0 Å². The highest BCUT2D eigenvalue weighted by molar-refractivity contribution is 5.82. The standard InChI is InChI=1S/C17H16N2O/c1-2-12-7-9-14(10-8-12)18-16-11-13-5-3-4-6-15(13)19-17(16)20/h3-11,18H,2H2,1H3,(H,19,20). The minimum Gasteiger partial charge on any atom is -0.351 e. The Kier molecular flexibility index (Phi) is 3.25. The molecule has 1 heterocycles. The molecule has 20 heavy (non-hydrogen) atoms. The fraction of sp³-hybridized carbons (Fsp3) is 0.118. The van der Waals surface area contributed by atoms with Crippen molar-refractivity contribution in [2.24, 2.45) is 0 Å². The normalized spacial score (nSPS) is 10.7. The van der Waals surface area contributed by atoms with Crippen LogP contribution < -0.4 is 10.9 Å². The first kappa shape index (κ1) is 12.5. The summed E-state index contributed by atoms with van der Waals surface area (Å²) in [5.41, 5.74) is 3.51. The number of nitrogens with one attached hydrogen (secondary N) is 2. The van der Waals surface area contributed by atoms with Crippen molar-refractivity contribution in [3.8, 4) is 0 Å². The highest BCUT2D eigenvalue weighted by Crippen LogP contribution is 2.18. The maximum absolute atomic E-state index is 12.0. The summed E-state index contributed by atoms with van der Waals surface area (Å²) in [6.07, 6.45) is 1.01. The molecule has 0 aliphatic rings. The van der Waals surface area contributed by atoms with E-state index in [1.807, 2.05) is 42.5 Å². The third-order valence-electron chi connectivity index (χ3n) is 3.39. The number of benzene rings is 2. The highest BCUT2D eigenvalue weighted by atomic mass is 16.1. The fourth-order valence-corrected chi connectivity index (χ4v) is 2.22. The zero-order valence-corrected chi connectivity index (χ0v) is 11.3. The zero-order chi connectivity index (χ0) is 13.9. The second-order valence-corrected chi connectivity index (χ2v) is 4.77. The van der Waals surface area contributed by atoms with Gasteiger partial charge < -0.3 is 10.3 Å². The summed E-state index contributed by atoms with van der Waals surface area (Å²) < 4.78 is 0. The predicted octanol–water partition coefficient (Wildman–Crippen LogP) is 3.83. The minimum atomic E-state index is -0.108. The van der Waals surface area contributed by atoms with Gasteiger partial charge in [-0.15, -0.1) is 0 Å². The molecular formula is C17H16N2O. The smallest absolute Gasteiger partial charge is 0.272 e. The molecule has 0 atom stereocenters. The van der Waals surface area contributed by atoms with Crippen LogP contribution in [0.5, 0.6) is 0 Å². The largest absolute Gasteiger partial charge is 0.351 e. The van der Waals surface area contributed by atoms with E-state index >= 15 is 0 Å². The van der Waals surface area contributed by atoms with Crippen LogP contribution in [0.25, 0.3) is 10.9 Å². The molecule has 0 spiro atoms. The van der Waals surface area contributed by atoms with Crippen molar-refractivity contribution in [2.45, 2.75) is 13.3 Å². The molecule has 0 aliphatic carbocycles. The van der Waals surface area contributed by atoms with Crippen LogP contribution in [-0.2, 0) is 6.42 Å². The van der Waals surface area contributed by atoms with E-state index in [0.717, 1.165) is 23.0 Å². The van der Waals surface area contributed by atoms with Crippen molar-refractivity contribution >= 4 is 22.3 Å². The van der Waals surface area contributed by atoms with Crippen LogP contribution in [0.4, 0.5) is 11.4 Å². The Morgan fingerprint density at radius 3 is 2.55 bits per heavy atom. The maximum atomic E-state index is 12.0. The summed E-state index contributed by atoms with van der Waals surface area (Å²) in [5, 5.41) is 4.19. The SMILES string of the molecule is CCc1ccc(Nc2cc3ccccc3[nH]c2=O)cc1. The quantitative estimate of drug-likeness (QED) is 0.755. The molecule has 3 rings (SSSR count). The van der Waals surface area contributed by atoms with Gasteiger partial charge in [-0.05, 0) is 36.2 Å². The average molecular weight is 264 g/mol. The summed E-state index contributed by atoms with van der Waals surface area (Å²) in [6, 6.07) is 17.8. The van der Waals surface area contributed by atoms with Gasteiger partial charge in [0.2, 0.25) is 0 Å². The zero-order valence-electron chi connectivity index (χ0n) is 11.3. The molecule has 1 aromatic heterocycles. The number of aromatic nitrogens is 1. The number of para-hydroxylation sites is 1. The molecule has 0 unspecified atom stereocenters. The molecule has 2 N–H and O–H groups in total. The number of fused-ring (bicyclic) bond motifs is 1. The molecule has 2 aromatic carbocycles. The van der Waals surface area contributed by atoms with E-state index in [0.29, 0.717) is 5.69 Å². The van der Waals surface area contributed by atoms with Gasteiger partial charge in [0, 0.05) is 16.6 Å². The van der Waals surface area contributed by atoms with Gasteiger partial charge in [0.05, 0.1) is 0 Å². The van der Waals surface area contributed by atoms with Crippen LogP contribution in [0.3, 0.4) is 0 Å². The Morgan fingerprint density at radius 1 is 1.05 bits per heavy atom. The van der Waals surface area contributed by atoms with E-state index in [9.17, 15) is 4.79 Å². The minimum absolute atomic E-state index is 0.108. The van der Waals surface area contributed by atoms with Crippen molar-refractivity contribution in [1.82, 2.24) is 4.98 Å². The maximum Gasteiger partial charge on any atom is 0.272 e. The molecule has 0 radical (unpaired) electrons. The first-order chi connectivity index (χ1) is 9.76. The molecule has 3 nitrogen and oxygen atoms in total. The molecule has 0 aliphatic heterocycles. The van der Waals surface area contributed by atoms with Gasteiger partial charge in [-0.1, -0.05) is 37.3 Å². The van der Waals surface area contributed by atoms with Crippen LogP contribution in [0.15, 0.2) is 59.4 Å². The Labute approximate surface area is 117 Å². The molecular weight excluding hydrogens is 248 g/mol. The molecule has 0 fully saturated rings. The lowest BCUT2D eigenvalue weighted by atomic mass is 10.1. The first-order valence-electron chi connectivity index (χ1n) is 6.74. The predicted molar refractivity (Wildman–Crippen MR) is 83.7 cm³/mol. The number of hydrogen-bond donors (Lipinski definition) is 2. The van der Waals surface area contributed by atoms with Crippen molar-refractivity contribution in [3.05, 3.63) is 70.5 Å². The summed E-state index contributed by atoms with van der Waals surface area (Å²) in [7, 11) is 0. The van der Waals surface area contributed by atoms with E-state index in [2.05, 4.69) is 29.4 Å². The summed E-state index contributed by atoms with van der Waals surface area (Å²) in [5.74, 6) is 0. The summed E-state index contributed by atoms with van der Waals surface area (Å²) in [6.45, 7) is 2.12. The van der Waals surface area contributed by atoms with Gasteiger partial charge in [0.1, 0.15) is 5.69 Å². The third-order valence-corrected chi connectivity index (χ3v) is 3.39. The van der Waals surface area contributed by atoms with Crippen molar-refractivity contribution in [3.63, 3.8) is 0 Å². The lowest BCUT2D eigenvalue weighted by Crippen LogP contribution is -2.11. The number of H-pyrrole nitrogens is 1. The summed E-state index contributed by atoms with van der Waals surface area (Å²) >= 11 is 0. The molecule has 0 amide bonds. The van der Waals surface area contributed by atoms with Crippen LogP contribution in [0.1, 0.15) is 12.5 Å². The topological polar surface area (TPSA) is 44.9 Å². The number of pyridine rings is 1. The van der Waals surface area contributed by atoms with Crippen LogP contribution >= 0.6 is 0 Å². The molecule has 100 valence electrons. The third kappa shape index (κ3) is 2.43. The molecule has 0 bridgehead atoms. The van der Waals surface area contributed by atoms with Gasteiger partial charge >= 0.3 is 0 Å². The van der Waals surface area contributed by atoms with Crippen LogP contribution in [0, 0.1) is 0 Å². The van der Waals surface area contributed by atoms with E-state index in [1.165, 1.54) is 5.56 Å². The van der Waals surface area contributed by atoms with E-state index in [1.54, 1.807) is 0 Å². The highest BCUT2D eigenvalue weighted by Gasteiger charge is 2.03. The van der Waals surface area contributed by atoms with Gasteiger partial charge in [0.25, 0.3) is 5.56 Å². The number of hydrogen-bond acceptors (Lipinski definition) is 2. The van der Waals surface area contributed by atoms with Crippen LogP contribution in [0.2, 0.25) is 0 Å². The molecule has 3 aromatic rings. The van der Waals surface area contributed by atoms with Crippen molar-refractivity contribution in [1.29, 1.82) is 0 Å². The van der Waals surface area contributed by atoms with Gasteiger partial charge in [0.15, 0.2) is 0 Å². The second kappa shape index (κ2) is 5.21. The number of aryl methyl sites for hydroxylation is 1. The van der Waals surface area contributed by atoms with Crippen molar-refractivity contribution < 1.29 is 0 Å². The number of anilines is 2. The van der Waals surface area contributed by atoms with Crippen molar-refractivity contribution in [2.75, 3.05) is 5.32 Å². The average Bonchev–Trinajstić information content (AvgIpc) is 2.49. The monoisotopic (exact) mass is 264 g/mol. The Balaban J connectivity index is 1.97. The number of aromatic amines is 1. The molecule has 0 saturated carbocycles. The lowest BCUT2D eigenvalue weighted by Gasteiger charge is -2.07. The van der Waals surface area contributed by atoms with E-state index < -0.39 is 0 Å². The molecule has 3 heteroatoms. The Bertz CT molecular complexity index is 788. The van der Waals surface area contributed by atoms with E-state index in [-0.39, 0.29) is 5.56 Å². The van der Waals surface area contributed by atoms with E-state index in [4.69, 9.17) is 0 Å². The Morgan fingerprint density at radius 2 is 1.80 bits per heavy atom. The lowest BCUT2D eigenvalue weighted by molar-refractivity contribution is 1.14. The first-order valence-corrected chi connectivity index (χ1v) is 6.74. The molecule has 0 saturated heterocycles. The fourth-order valence-electron chi connectivity index (χ4n) is 2.22. The summed E-state index contributed by atoms with van der Waals surface area (Å²) in [4.78, 5) is 14.9. The Hall–Kier alpha value is -2.55. The van der Waals surface area contributed by atoms with Gasteiger partial charge in [-0.3, -0.25) is 4.79 Å². The van der Waals surface area contributed by atoms with Crippen LogP contribution in [-0.4, -0.2) is 4.98 Å². The second-order valence-electron chi connectivity index (χ2n) is 4.77. The van der Waals surface area contributed by atoms with Gasteiger partial charge in [-0.25, -0.2) is 0 Å². The number of rotatable bonds is 3.